The van der Waals surface area contributed by atoms with Crippen LogP contribution in [0.2, 0.25) is 0 Å². The van der Waals surface area contributed by atoms with Gasteiger partial charge in [-0.15, -0.1) is 0 Å². The summed E-state index contributed by atoms with van der Waals surface area (Å²) in [6, 6.07) is 13.9. The van der Waals surface area contributed by atoms with Crippen molar-refractivity contribution in [3.8, 4) is 17.1 Å². The monoisotopic (exact) mass is 395 g/mol. The number of methoxy groups -OCH3 is 1. The molecule has 8 nitrogen and oxygen atoms in total. The van der Waals surface area contributed by atoms with E-state index in [0.717, 1.165) is 11.3 Å². The lowest BCUT2D eigenvalue weighted by atomic mass is 10.2. The van der Waals surface area contributed by atoms with Crippen LogP contribution in [0.1, 0.15) is 29.6 Å². The van der Waals surface area contributed by atoms with Crippen LogP contribution in [0.15, 0.2) is 53.1 Å². The number of amides is 1. The Morgan fingerprint density at radius 1 is 1.14 bits per heavy atom. The third kappa shape index (κ3) is 5.41. The number of carbonyl (C=O) groups excluding carboxylic acids is 2. The fourth-order valence-electron chi connectivity index (χ4n) is 2.60. The Balaban J connectivity index is 1.55. The highest BCUT2D eigenvalue weighted by molar-refractivity contribution is 5.94. The average molecular weight is 395 g/mol. The molecule has 29 heavy (non-hydrogen) atoms. The average Bonchev–Trinajstić information content (AvgIpc) is 3.22. The second kappa shape index (κ2) is 9.50. The van der Waals surface area contributed by atoms with Crippen LogP contribution < -0.4 is 10.1 Å². The maximum atomic E-state index is 12.2. The number of carbonyl (C=O) groups is 2. The SMILES string of the molecule is CCOC(=O)c1cccc(NC(=O)CCc2nc(-c3ccc(OC)cc3)no2)c1. The number of hydrogen-bond acceptors (Lipinski definition) is 7. The number of anilines is 1. The first-order valence-corrected chi connectivity index (χ1v) is 9.13. The summed E-state index contributed by atoms with van der Waals surface area (Å²) < 4.78 is 15.3. The highest BCUT2D eigenvalue weighted by Gasteiger charge is 2.12. The van der Waals surface area contributed by atoms with Gasteiger partial charge in [-0.3, -0.25) is 4.79 Å². The molecule has 0 aliphatic heterocycles. The van der Waals surface area contributed by atoms with Gasteiger partial charge in [0.1, 0.15) is 5.75 Å². The van der Waals surface area contributed by atoms with Gasteiger partial charge in [0.05, 0.1) is 19.3 Å². The molecule has 0 bridgehead atoms. The predicted octanol–water partition coefficient (Wildman–Crippen LogP) is 3.49. The zero-order valence-corrected chi connectivity index (χ0v) is 16.2. The number of aryl methyl sites for hydroxylation is 1. The van der Waals surface area contributed by atoms with Gasteiger partial charge in [0.15, 0.2) is 0 Å². The second-order valence-corrected chi connectivity index (χ2v) is 6.09. The summed E-state index contributed by atoms with van der Waals surface area (Å²) in [5, 5.41) is 6.69. The van der Waals surface area contributed by atoms with E-state index in [9.17, 15) is 9.59 Å². The van der Waals surface area contributed by atoms with Crippen molar-refractivity contribution < 1.29 is 23.6 Å². The van der Waals surface area contributed by atoms with Gasteiger partial charge in [0.25, 0.3) is 0 Å². The Morgan fingerprint density at radius 2 is 1.93 bits per heavy atom. The lowest BCUT2D eigenvalue weighted by Gasteiger charge is -2.06. The van der Waals surface area contributed by atoms with Crippen molar-refractivity contribution in [1.29, 1.82) is 0 Å². The van der Waals surface area contributed by atoms with Gasteiger partial charge in [-0.2, -0.15) is 4.98 Å². The van der Waals surface area contributed by atoms with Gasteiger partial charge in [-0.25, -0.2) is 4.79 Å². The van der Waals surface area contributed by atoms with Crippen LogP contribution in [0.3, 0.4) is 0 Å². The first-order valence-electron chi connectivity index (χ1n) is 9.13. The van der Waals surface area contributed by atoms with Crippen LogP contribution in [0, 0.1) is 0 Å². The maximum absolute atomic E-state index is 12.2. The van der Waals surface area contributed by atoms with Crippen molar-refractivity contribution in [2.24, 2.45) is 0 Å². The van der Waals surface area contributed by atoms with Crippen molar-refractivity contribution >= 4 is 17.6 Å². The Morgan fingerprint density at radius 3 is 2.66 bits per heavy atom. The molecule has 0 spiro atoms. The molecule has 0 aliphatic rings. The molecular weight excluding hydrogens is 374 g/mol. The molecule has 0 atom stereocenters. The third-order valence-corrected chi connectivity index (χ3v) is 4.04. The number of esters is 1. The number of benzene rings is 2. The highest BCUT2D eigenvalue weighted by Crippen LogP contribution is 2.20. The fraction of sp³-hybridized carbons (Fsp3) is 0.238. The largest absolute Gasteiger partial charge is 0.497 e. The van der Waals surface area contributed by atoms with Crippen LogP contribution in [0.25, 0.3) is 11.4 Å². The quantitative estimate of drug-likeness (QED) is 0.582. The molecule has 0 radical (unpaired) electrons. The fourth-order valence-corrected chi connectivity index (χ4v) is 2.60. The Bertz CT molecular complexity index is 982. The van der Waals surface area contributed by atoms with Crippen LogP contribution in [-0.4, -0.2) is 35.7 Å². The minimum Gasteiger partial charge on any atom is -0.497 e. The molecule has 0 saturated heterocycles. The Hall–Kier alpha value is -3.68. The van der Waals surface area contributed by atoms with Crippen molar-refractivity contribution in [2.45, 2.75) is 19.8 Å². The molecule has 1 amide bonds. The highest BCUT2D eigenvalue weighted by atomic mass is 16.5. The van der Waals surface area contributed by atoms with E-state index in [1.54, 1.807) is 38.3 Å². The number of aromatic nitrogens is 2. The molecule has 1 aromatic heterocycles. The number of hydrogen-bond donors (Lipinski definition) is 1. The summed E-state index contributed by atoms with van der Waals surface area (Å²) in [7, 11) is 1.60. The molecule has 3 rings (SSSR count). The van der Waals surface area contributed by atoms with Gasteiger partial charge < -0.3 is 19.3 Å². The molecule has 150 valence electrons. The lowest BCUT2D eigenvalue weighted by molar-refractivity contribution is -0.116. The van der Waals surface area contributed by atoms with E-state index in [-0.39, 0.29) is 18.9 Å². The van der Waals surface area contributed by atoms with E-state index >= 15 is 0 Å². The van der Waals surface area contributed by atoms with E-state index in [0.29, 0.717) is 29.4 Å². The molecule has 3 aromatic rings. The third-order valence-electron chi connectivity index (χ3n) is 4.04. The molecule has 2 aromatic carbocycles. The molecule has 8 heteroatoms. The predicted molar refractivity (Wildman–Crippen MR) is 106 cm³/mol. The molecule has 0 unspecified atom stereocenters. The van der Waals surface area contributed by atoms with E-state index in [1.807, 2.05) is 24.3 Å². The minimum absolute atomic E-state index is 0.161. The van der Waals surface area contributed by atoms with E-state index in [4.69, 9.17) is 14.0 Å². The molecule has 0 aliphatic carbocycles. The summed E-state index contributed by atoms with van der Waals surface area (Å²) in [6.45, 7) is 2.03. The van der Waals surface area contributed by atoms with E-state index < -0.39 is 5.97 Å². The number of ether oxygens (including phenoxy) is 2. The maximum Gasteiger partial charge on any atom is 0.338 e. The minimum atomic E-state index is -0.430. The summed E-state index contributed by atoms with van der Waals surface area (Å²) in [6.07, 6.45) is 0.459. The Kier molecular flexibility index (Phi) is 6.57. The first-order chi connectivity index (χ1) is 14.1. The number of nitrogens with one attached hydrogen (secondary N) is 1. The zero-order chi connectivity index (χ0) is 20.6. The second-order valence-electron chi connectivity index (χ2n) is 6.09. The van der Waals surface area contributed by atoms with Gasteiger partial charge in [-0.1, -0.05) is 11.2 Å². The Labute approximate surface area is 167 Å². The van der Waals surface area contributed by atoms with Gasteiger partial charge in [0.2, 0.25) is 17.6 Å². The topological polar surface area (TPSA) is 104 Å². The summed E-state index contributed by atoms with van der Waals surface area (Å²) in [5.74, 6) is 0.897. The first kappa shape index (κ1) is 20.1. The van der Waals surface area contributed by atoms with E-state index in [1.165, 1.54) is 0 Å². The van der Waals surface area contributed by atoms with Crippen LogP contribution >= 0.6 is 0 Å². The van der Waals surface area contributed by atoms with Gasteiger partial charge in [-0.05, 0) is 49.4 Å². The standard InChI is InChI=1S/C21H21N3O5/c1-3-28-21(26)15-5-4-6-16(13-15)22-18(25)11-12-19-23-20(24-29-19)14-7-9-17(27-2)10-8-14/h4-10,13H,3,11-12H2,1-2H3,(H,22,25). The van der Waals surface area contributed by atoms with E-state index in [2.05, 4.69) is 15.5 Å². The number of nitrogens with zero attached hydrogens (tertiary/aromatic N) is 2. The van der Waals surface area contributed by atoms with Crippen molar-refractivity contribution in [3.05, 3.63) is 60.0 Å². The van der Waals surface area contributed by atoms with Crippen molar-refractivity contribution in [1.82, 2.24) is 10.1 Å². The molecule has 1 N–H and O–H groups in total. The lowest BCUT2D eigenvalue weighted by Crippen LogP contribution is -2.13. The van der Waals surface area contributed by atoms with Crippen molar-refractivity contribution in [3.63, 3.8) is 0 Å². The summed E-state index contributed by atoms with van der Waals surface area (Å²) in [4.78, 5) is 28.3. The van der Waals surface area contributed by atoms with Crippen LogP contribution in [0.5, 0.6) is 5.75 Å². The molecule has 1 heterocycles. The normalized spacial score (nSPS) is 10.4. The van der Waals surface area contributed by atoms with Gasteiger partial charge >= 0.3 is 5.97 Å². The summed E-state index contributed by atoms with van der Waals surface area (Å²) in [5.41, 5.74) is 1.69. The number of rotatable bonds is 8. The van der Waals surface area contributed by atoms with Crippen LogP contribution in [0.4, 0.5) is 5.69 Å². The molecule has 0 fully saturated rings. The van der Waals surface area contributed by atoms with Crippen molar-refractivity contribution in [2.75, 3.05) is 19.0 Å². The van der Waals surface area contributed by atoms with Crippen LogP contribution in [-0.2, 0) is 16.0 Å². The molecule has 0 saturated carbocycles. The smallest absolute Gasteiger partial charge is 0.338 e. The molecular formula is C21H21N3O5. The zero-order valence-electron chi connectivity index (χ0n) is 16.2. The van der Waals surface area contributed by atoms with Gasteiger partial charge in [0, 0.05) is 24.1 Å². The summed E-state index contributed by atoms with van der Waals surface area (Å²) >= 11 is 0.